The van der Waals surface area contributed by atoms with E-state index in [0.29, 0.717) is 58.3 Å². The number of ether oxygens (including phenoxy) is 6. The normalized spacial score (nSPS) is 21.5. The lowest BCUT2D eigenvalue weighted by Gasteiger charge is -2.41. The number of methoxy groups -OCH3 is 2. The molecule has 2 aromatic rings. The van der Waals surface area contributed by atoms with Crippen LogP contribution in [0.1, 0.15) is 43.4 Å². The molecule has 0 aromatic heterocycles. The largest absolute Gasteiger partial charge is 0.496 e. The summed E-state index contributed by atoms with van der Waals surface area (Å²) < 4.78 is 34.7. The molecule has 2 aliphatic heterocycles. The topological polar surface area (TPSA) is 90.9 Å². The molecule has 2 aromatic carbocycles. The lowest BCUT2D eigenvalue weighted by molar-refractivity contribution is -0.135. The summed E-state index contributed by atoms with van der Waals surface area (Å²) in [5.41, 5.74) is 2.63. The monoisotopic (exact) mass is 558 g/mol. The van der Waals surface area contributed by atoms with E-state index in [-0.39, 0.29) is 6.10 Å². The Morgan fingerprint density at radius 2 is 1.98 bits per heavy atom. The quantitative estimate of drug-likeness (QED) is 0.318. The lowest BCUT2D eigenvalue weighted by Crippen LogP contribution is -2.53. The Morgan fingerprint density at radius 3 is 2.77 bits per heavy atom. The Balaban J connectivity index is 1.44. The van der Waals surface area contributed by atoms with Crippen LogP contribution in [-0.2, 0) is 37.8 Å². The van der Waals surface area contributed by atoms with Crippen LogP contribution in [-0.4, -0.2) is 84.1 Å². The summed E-state index contributed by atoms with van der Waals surface area (Å²) >= 11 is 0. The summed E-state index contributed by atoms with van der Waals surface area (Å²) in [4.78, 5) is 2.34. The third kappa shape index (κ3) is 7.66. The van der Waals surface area contributed by atoms with Crippen LogP contribution in [0.4, 0.5) is 5.69 Å². The minimum Gasteiger partial charge on any atom is -0.496 e. The summed E-state index contributed by atoms with van der Waals surface area (Å²) in [5, 5.41) is 15.4. The maximum absolute atomic E-state index is 12.0. The number of nitrogens with one attached hydrogen (secondary N) is 1. The summed E-state index contributed by atoms with van der Waals surface area (Å²) in [6, 6.07) is 12.1. The van der Waals surface area contributed by atoms with Crippen molar-refractivity contribution in [3.05, 3.63) is 53.1 Å². The molecule has 1 fully saturated rings. The molecule has 2 heterocycles. The van der Waals surface area contributed by atoms with Gasteiger partial charge in [-0.25, -0.2) is 0 Å². The van der Waals surface area contributed by atoms with Gasteiger partial charge in [-0.3, -0.25) is 0 Å². The molecule has 0 saturated carbocycles. The van der Waals surface area contributed by atoms with Gasteiger partial charge >= 0.3 is 0 Å². The average molecular weight is 559 g/mol. The molecule has 1 saturated heterocycles. The molecule has 4 rings (SSSR count). The molecule has 0 aliphatic carbocycles. The Kier molecular flexibility index (Phi) is 11.5. The van der Waals surface area contributed by atoms with Crippen molar-refractivity contribution in [2.75, 3.05) is 71.7 Å². The average Bonchev–Trinajstić information content (AvgIpc) is 2.97. The van der Waals surface area contributed by atoms with E-state index in [9.17, 15) is 5.11 Å². The molecule has 3 atom stereocenters. The van der Waals surface area contributed by atoms with Crippen molar-refractivity contribution in [3.63, 3.8) is 0 Å². The van der Waals surface area contributed by atoms with Crippen molar-refractivity contribution < 1.29 is 33.5 Å². The molecular weight excluding hydrogens is 512 g/mol. The fourth-order valence-corrected chi connectivity index (χ4v) is 5.44. The first-order chi connectivity index (χ1) is 19.5. The summed E-state index contributed by atoms with van der Waals surface area (Å²) in [6.07, 6.45) is 1.06. The molecule has 9 nitrogen and oxygen atoms in total. The summed E-state index contributed by atoms with van der Waals surface area (Å²) in [7, 11) is 3.36. The molecule has 222 valence electrons. The predicted molar refractivity (Wildman–Crippen MR) is 154 cm³/mol. The molecule has 9 heteroatoms. The Morgan fingerprint density at radius 1 is 1.15 bits per heavy atom. The van der Waals surface area contributed by atoms with E-state index in [0.717, 1.165) is 54.2 Å². The molecule has 0 bridgehead atoms. The molecule has 40 heavy (non-hydrogen) atoms. The molecule has 0 spiro atoms. The van der Waals surface area contributed by atoms with Gasteiger partial charge < -0.3 is 43.7 Å². The highest BCUT2D eigenvalue weighted by molar-refractivity contribution is 5.61. The second kappa shape index (κ2) is 15.0. The number of rotatable bonds is 15. The molecule has 0 radical (unpaired) electrons. The number of aliphatic hydroxyl groups is 1. The predicted octanol–water partition coefficient (Wildman–Crippen LogP) is 3.64. The Bertz CT molecular complexity index is 1070. The van der Waals surface area contributed by atoms with Gasteiger partial charge in [0.1, 0.15) is 29.8 Å². The van der Waals surface area contributed by atoms with E-state index in [2.05, 4.69) is 16.3 Å². The van der Waals surface area contributed by atoms with Crippen molar-refractivity contribution in [3.8, 4) is 11.5 Å². The zero-order chi connectivity index (χ0) is 28.4. The number of nitrogens with zero attached hydrogens (tertiary/aromatic N) is 1. The summed E-state index contributed by atoms with van der Waals surface area (Å²) in [6.45, 7) is 10.4. The fraction of sp³-hybridized carbons (Fsp3) is 0.613. The van der Waals surface area contributed by atoms with Gasteiger partial charge in [-0.2, -0.15) is 0 Å². The first-order valence-corrected chi connectivity index (χ1v) is 14.4. The Hall–Kier alpha value is -2.40. The Labute approximate surface area is 238 Å². The highest BCUT2D eigenvalue weighted by Gasteiger charge is 2.43. The van der Waals surface area contributed by atoms with Crippen LogP contribution in [0.2, 0.25) is 0 Å². The van der Waals surface area contributed by atoms with Crippen LogP contribution >= 0.6 is 0 Å². The first-order valence-electron chi connectivity index (χ1n) is 14.4. The van der Waals surface area contributed by atoms with Gasteiger partial charge in [-0.15, -0.1) is 0 Å². The number of piperidine rings is 1. The van der Waals surface area contributed by atoms with Crippen LogP contribution in [0, 0.1) is 0 Å². The van der Waals surface area contributed by atoms with Crippen molar-refractivity contribution in [2.45, 2.75) is 57.7 Å². The van der Waals surface area contributed by atoms with Crippen LogP contribution in [0.3, 0.4) is 0 Å². The van der Waals surface area contributed by atoms with Crippen LogP contribution in [0.25, 0.3) is 0 Å². The van der Waals surface area contributed by atoms with Crippen molar-refractivity contribution in [1.29, 1.82) is 0 Å². The fourth-order valence-electron chi connectivity index (χ4n) is 5.44. The second-order valence-electron chi connectivity index (χ2n) is 10.5. The molecule has 0 amide bonds. The number of hydrogen-bond donors (Lipinski definition) is 2. The van der Waals surface area contributed by atoms with Gasteiger partial charge in [0.05, 0.1) is 45.3 Å². The van der Waals surface area contributed by atoms with Crippen molar-refractivity contribution >= 4 is 5.69 Å². The van der Waals surface area contributed by atoms with E-state index < -0.39 is 11.7 Å². The minimum absolute atomic E-state index is 0.0425. The van der Waals surface area contributed by atoms with E-state index in [1.165, 1.54) is 0 Å². The number of anilines is 1. The maximum Gasteiger partial charge on any atom is 0.142 e. The van der Waals surface area contributed by atoms with Gasteiger partial charge in [0.25, 0.3) is 0 Å². The standard InChI is InChI=1S/C31H46N2O7/c1-5-38-23(2)20-37-21-25-7-9-26(29(18-25)36-4)31(34)11-12-32-19-30(31)40-22-24-8-10-28-27(17-24)33(14-16-39-28)13-6-15-35-3/h7-10,17-18,23,30,32,34H,5-6,11-16,19-22H2,1-4H3/t23-,30+,31+/m1/s1. The molecule has 2 N–H and O–H groups in total. The van der Waals surface area contributed by atoms with Crippen LogP contribution in [0.15, 0.2) is 36.4 Å². The van der Waals surface area contributed by atoms with E-state index in [1.807, 2.05) is 44.2 Å². The lowest BCUT2D eigenvalue weighted by atomic mass is 9.81. The maximum atomic E-state index is 12.0. The second-order valence-corrected chi connectivity index (χ2v) is 10.5. The SMILES string of the molecule is CCO[C@H](C)COCc1ccc([C@@]2(O)CCNC[C@@H]2OCc2ccc3c(c2)N(CCCOC)CCO3)c(OC)c1. The van der Waals surface area contributed by atoms with Gasteiger partial charge in [0.2, 0.25) is 0 Å². The van der Waals surface area contributed by atoms with Gasteiger partial charge in [0, 0.05) is 39.0 Å². The van der Waals surface area contributed by atoms with E-state index in [1.54, 1.807) is 14.2 Å². The smallest absolute Gasteiger partial charge is 0.142 e. The third-order valence-electron chi connectivity index (χ3n) is 7.56. The van der Waals surface area contributed by atoms with Gasteiger partial charge in [-0.1, -0.05) is 18.2 Å². The number of fused-ring (bicyclic) bond motifs is 1. The zero-order valence-corrected chi connectivity index (χ0v) is 24.4. The van der Waals surface area contributed by atoms with Crippen LogP contribution < -0.4 is 19.7 Å². The van der Waals surface area contributed by atoms with Crippen LogP contribution in [0.5, 0.6) is 11.5 Å². The summed E-state index contributed by atoms with van der Waals surface area (Å²) in [5.74, 6) is 1.53. The van der Waals surface area contributed by atoms with Gasteiger partial charge in [-0.05, 0) is 62.6 Å². The number of benzene rings is 2. The molecule has 2 aliphatic rings. The molecular formula is C31H46N2O7. The van der Waals surface area contributed by atoms with E-state index >= 15 is 0 Å². The first kappa shape index (κ1) is 30.6. The van der Waals surface area contributed by atoms with Crippen molar-refractivity contribution in [1.82, 2.24) is 5.32 Å². The van der Waals surface area contributed by atoms with Crippen molar-refractivity contribution in [2.24, 2.45) is 0 Å². The highest BCUT2D eigenvalue weighted by Crippen LogP contribution is 2.39. The molecule has 0 unspecified atom stereocenters. The van der Waals surface area contributed by atoms with Gasteiger partial charge in [0.15, 0.2) is 0 Å². The minimum atomic E-state index is -1.19. The zero-order valence-electron chi connectivity index (χ0n) is 24.4. The third-order valence-corrected chi connectivity index (χ3v) is 7.56. The highest BCUT2D eigenvalue weighted by atomic mass is 16.5. The van der Waals surface area contributed by atoms with E-state index in [4.69, 9.17) is 28.4 Å². The number of hydrogen-bond acceptors (Lipinski definition) is 9.